The largest absolute Gasteiger partial charge is 0.231 e. The molecule has 0 aliphatic heterocycles. The Bertz CT molecular complexity index is 143. The summed E-state index contributed by atoms with van der Waals surface area (Å²) in [6.07, 6.45) is 0. The van der Waals surface area contributed by atoms with Gasteiger partial charge < -0.3 is 0 Å². The fourth-order valence-corrected chi connectivity index (χ4v) is 0.368. The molecule has 0 atom stereocenters. The van der Waals surface area contributed by atoms with Gasteiger partial charge in [-0.3, -0.25) is 0 Å². The van der Waals surface area contributed by atoms with Crippen molar-refractivity contribution in [2.24, 2.45) is 0 Å². The number of rotatable bonds is 1. The van der Waals surface area contributed by atoms with Gasteiger partial charge >= 0.3 is 0 Å². The fraction of sp³-hybridized carbons (Fsp3) is 1.00. The Kier molecular flexibility index (Phi) is 1.19. The van der Waals surface area contributed by atoms with Gasteiger partial charge in [0, 0.05) is 0 Å². The van der Waals surface area contributed by atoms with E-state index >= 15 is 0 Å². The molecule has 0 aliphatic rings. The van der Waals surface area contributed by atoms with Crippen LogP contribution in [0.1, 0.15) is 19.9 Å². The van der Waals surface area contributed by atoms with E-state index in [9.17, 15) is 0 Å². The Labute approximate surface area is 46.7 Å². The second-order valence-corrected chi connectivity index (χ2v) is 1.82. The third-order valence-electron chi connectivity index (χ3n) is 0.817. The third-order valence-corrected chi connectivity index (χ3v) is 0.817. The van der Waals surface area contributed by atoms with E-state index in [1.54, 1.807) is 4.80 Å². The molecule has 0 aliphatic carbocycles. The Hall–Kier alpha value is -1.00. The van der Waals surface area contributed by atoms with Gasteiger partial charge in [-0.1, -0.05) is 10.0 Å². The highest BCUT2D eigenvalue weighted by atomic mass is 15.7. The van der Waals surface area contributed by atoms with Gasteiger partial charge in [0.1, 0.15) is 11.3 Å². The highest BCUT2D eigenvalue weighted by Crippen LogP contribution is 1.81. The minimum atomic E-state index is 0.310. The summed E-state index contributed by atoms with van der Waals surface area (Å²) in [6.45, 7) is 3.99. The van der Waals surface area contributed by atoms with Crippen LogP contribution in [0.5, 0.6) is 0 Å². The molecule has 5 nitrogen and oxygen atoms in total. The molecule has 0 radical (unpaired) electrons. The predicted octanol–water partition coefficient (Wildman–Crippen LogP) is -0.932. The quantitative estimate of drug-likeness (QED) is 0.480. The highest BCUT2D eigenvalue weighted by molar-refractivity contribution is 4.13. The molecule has 1 aromatic rings. The van der Waals surface area contributed by atoms with Crippen LogP contribution in [0.2, 0.25) is 0 Å². The van der Waals surface area contributed by atoms with Crippen LogP contribution in [0.3, 0.4) is 0 Å². The maximum atomic E-state index is 3.62. The molecule has 44 valence electrons. The summed E-state index contributed by atoms with van der Waals surface area (Å²) in [6, 6.07) is 0.310. The first kappa shape index (κ1) is 5.14. The van der Waals surface area contributed by atoms with E-state index in [1.807, 2.05) is 13.8 Å². The molecule has 0 unspecified atom stereocenters. The standard InChI is InChI=1S/C3H7N5/c1-3(2)8-6-4-5-7-8/h3H,1-2H3/p+1. The van der Waals surface area contributed by atoms with E-state index in [4.69, 9.17) is 0 Å². The van der Waals surface area contributed by atoms with E-state index < -0.39 is 0 Å². The molecule has 1 N–H and O–H groups in total. The molecule has 0 saturated heterocycles. The molecule has 8 heavy (non-hydrogen) atoms. The second-order valence-electron chi connectivity index (χ2n) is 1.82. The van der Waals surface area contributed by atoms with Crippen molar-refractivity contribution in [3.63, 3.8) is 0 Å². The van der Waals surface area contributed by atoms with Gasteiger partial charge in [0.15, 0.2) is 0 Å². The molecule has 5 heteroatoms. The summed E-state index contributed by atoms with van der Waals surface area (Å²) >= 11 is 0. The van der Waals surface area contributed by atoms with Crippen LogP contribution in [0, 0.1) is 0 Å². The van der Waals surface area contributed by atoms with Gasteiger partial charge in [0.2, 0.25) is 10.4 Å². The van der Waals surface area contributed by atoms with Crippen molar-refractivity contribution in [2.75, 3.05) is 0 Å². The van der Waals surface area contributed by atoms with Crippen molar-refractivity contribution in [2.45, 2.75) is 19.9 Å². The smallest absolute Gasteiger partial charge is 0.0659 e. The number of H-pyrrole nitrogens is 1. The van der Waals surface area contributed by atoms with E-state index in [0.29, 0.717) is 6.04 Å². The summed E-state index contributed by atoms with van der Waals surface area (Å²) in [4.78, 5) is 1.57. The topological polar surface area (TPSA) is 58.3 Å². The van der Waals surface area contributed by atoms with Crippen molar-refractivity contribution < 1.29 is 4.80 Å². The second kappa shape index (κ2) is 1.85. The lowest BCUT2D eigenvalue weighted by Crippen LogP contribution is -2.41. The van der Waals surface area contributed by atoms with Crippen LogP contribution < -0.4 is 4.80 Å². The molecule has 1 aromatic heterocycles. The summed E-state index contributed by atoms with van der Waals surface area (Å²) in [5.41, 5.74) is 0. The average Bonchev–Trinajstić information content (AvgIpc) is 2.12. The van der Waals surface area contributed by atoms with Crippen LogP contribution >= 0.6 is 0 Å². The molecule has 0 saturated carbocycles. The minimum absolute atomic E-state index is 0.310. The van der Waals surface area contributed by atoms with Crippen molar-refractivity contribution in [3.8, 4) is 0 Å². The summed E-state index contributed by atoms with van der Waals surface area (Å²) in [7, 11) is 0. The lowest BCUT2D eigenvalue weighted by atomic mass is 10.4. The van der Waals surface area contributed by atoms with Gasteiger partial charge in [-0.2, -0.15) is 0 Å². The third kappa shape index (κ3) is 0.800. The normalized spacial score (nSPS) is 10.4. The first-order valence-electron chi connectivity index (χ1n) is 2.46. The maximum Gasteiger partial charge on any atom is 0.231 e. The molecular formula is C3H8N5+. The van der Waals surface area contributed by atoms with Crippen LogP contribution in [-0.4, -0.2) is 20.9 Å². The van der Waals surface area contributed by atoms with E-state index in [-0.39, 0.29) is 0 Å². The Morgan fingerprint density at radius 1 is 1.50 bits per heavy atom. The molecule has 1 heterocycles. The number of aromatic amines is 1. The number of aromatic nitrogens is 5. The number of nitrogens with one attached hydrogen (secondary N) is 1. The molecular weight excluding hydrogens is 106 g/mol. The zero-order valence-electron chi connectivity index (χ0n) is 4.87. The lowest BCUT2D eigenvalue weighted by molar-refractivity contribution is -0.823. The fourth-order valence-electron chi connectivity index (χ4n) is 0.368. The Morgan fingerprint density at radius 3 is 2.50 bits per heavy atom. The monoisotopic (exact) mass is 114 g/mol. The van der Waals surface area contributed by atoms with E-state index in [2.05, 4.69) is 20.9 Å². The Balaban J connectivity index is 2.77. The van der Waals surface area contributed by atoms with Crippen LogP contribution in [-0.2, 0) is 0 Å². The van der Waals surface area contributed by atoms with Gasteiger partial charge in [-0.25, -0.2) is 0 Å². The van der Waals surface area contributed by atoms with Crippen LogP contribution in [0.25, 0.3) is 0 Å². The van der Waals surface area contributed by atoms with Crippen molar-refractivity contribution in [3.05, 3.63) is 0 Å². The summed E-state index contributed by atoms with van der Waals surface area (Å²) < 4.78 is 0. The molecule has 0 aromatic carbocycles. The first-order valence-corrected chi connectivity index (χ1v) is 2.46. The van der Waals surface area contributed by atoms with E-state index in [1.165, 1.54) is 0 Å². The van der Waals surface area contributed by atoms with Crippen molar-refractivity contribution in [1.82, 2.24) is 20.9 Å². The summed E-state index contributed by atoms with van der Waals surface area (Å²) in [5.74, 6) is 0. The molecule has 0 fully saturated rings. The first-order chi connectivity index (χ1) is 3.80. The SMILES string of the molecule is CC(C)[n+]1nnn[nH]1. The van der Waals surface area contributed by atoms with Crippen molar-refractivity contribution >= 4 is 0 Å². The van der Waals surface area contributed by atoms with Crippen LogP contribution in [0.15, 0.2) is 0 Å². The van der Waals surface area contributed by atoms with Crippen molar-refractivity contribution in [1.29, 1.82) is 0 Å². The number of hydrogen-bond donors (Lipinski definition) is 1. The zero-order chi connectivity index (χ0) is 5.98. The van der Waals surface area contributed by atoms with E-state index in [0.717, 1.165) is 0 Å². The molecule has 1 rings (SSSR count). The molecule has 0 spiro atoms. The maximum absolute atomic E-state index is 3.62. The molecule has 0 amide bonds. The van der Waals surface area contributed by atoms with Gasteiger partial charge in [-0.05, 0) is 13.8 Å². The van der Waals surface area contributed by atoms with Gasteiger partial charge in [0.05, 0.1) is 0 Å². The predicted molar refractivity (Wildman–Crippen MR) is 24.8 cm³/mol. The lowest BCUT2D eigenvalue weighted by Gasteiger charge is -1.90. The number of nitrogens with zero attached hydrogens (tertiary/aromatic N) is 4. The number of hydrogen-bond acceptors (Lipinski definition) is 3. The van der Waals surface area contributed by atoms with Gasteiger partial charge in [-0.15, -0.1) is 0 Å². The average molecular weight is 114 g/mol. The highest BCUT2D eigenvalue weighted by Gasteiger charge is 2.03. The minimum Gasteiger partial charge on any atom is -0.0659 e. The van der Waals surface area contributed by atoms with Gasteiger partial charge in [0.25, 0.3) is 0 Å². The van der Waals surface area contributed by atoms with Crippen LogP contribution in [0.4, 0.5) is 0 Å². The summed E-state index contributed by atoms with van der Waals surface area (Å²) in [5, 5.41) is 13.0. The molecule has 0 bridgehead atoms. The Morgan fingerprint density at radius 2 is 2.25 bits per heavy atom. The zero-order valence-corrected chi connectivity index (χ0v) is 4.87.